The zero-order chi connectivity index (χ0) is 43.2. The molecule has 0 unspecified atom stereocenters. The highest BCUT2D eigenvalue weighted by Gasteiger charge is 2.38. The summed E-state index contributed by atoms with van der Waals surface area (Å²) < 4.78 is 4.91. The van der Waals surface area contributed by atoms with E-state index >= 15 is 0 Å². The average Bonchev–Trinajstić information content (AvgIpc) is 3.97. The fourth-order valence-corrected chi connectivity index (χ4v) is 10.8. The van der Waals surface area contributed by atoms with Crippen LogP contribution < -0.4 is 0 Å². The van der Waals surface area contributed by atoms with Gasteiger partial charge in [0.2, 0.25) is 0 Å². The summed E-state index contributed by atoms with van der Waals surface area (Å²) in [5.41, 5.74) is 19.2. The van der Waals surface area contributed by atoms with Crippen molar-refractivity contribution in [2.24, 2.45) is 0 Å². The lowest BCUT2D eigenvalue weighted by atomic mass is 9.80. The number of nitrogens with zero attached hydrogens (tertiary/aromatic N) is 4. The molecule has 0 fully saturated rings. The fourth-order valence-electron chi connectivity index (χ4n) is 10.8. The van der Waals surface area contributed by atoms with E-state index in [1.807, 2.05) is 24.3 Å². The van der Waals surface area contributed by atoms with Crippen molar-refractivity contribution in [2.75, 3.05) is 0 Å². The molecule has 0 amide bonds. The first-order chi connectivity index (χ1) is 32.0. The van der Waals surface area contributed by atoms with Crippen molar-refractivity contribution in [3.8, 4) is 67.5 Å². The van der Waals surface area contributed by atoms with Crippen molar-refractivity contribution in [3.05, 3.63) is 230 Å². The van der Waals surface area contributed by atoms with Crippen molar-refractivity contribution in [1.29, 1.82) is 0 Å². The molecular weight excluding hydrogens is 789 g/mol. The Morgan fingerprint density at radius 3 is 1.68 bits per heavy atom. The third kappa shape index (κ3) is 5.70. The molecule has 12 aromatic rings. The molecule has 0 aliphatic heterocycles. The summed E-state index contributed by atoms with van der Waals surface area (Å²) in [7, 11) is 0. The van der Waals surface area contributed by atoms with E-state index in [-0.39, 0.29) is 5.41 Å². The van der Waals surface area contributed by atoms with Gasteiger partial charge in [-0.2, -0.15) is 0 Å². The molecule has 0 atom stereocenters. The highest BCUT2D eigenvalue weighted by atomic mass is 15.0. The minimum atomic E-state index is -0.177. The van der Waals surface area contributed by atoms with Gasteiger partial charge in [0.1, 0.15) is 0 Å². The second-order valence-corrected chi connectivity index (χ2v) is 17.8. The molecule has 0 spiro atoms. The van der Waals surface area contributed by atoms with Gasteiger partial charge >= 0.3 is 0 Å². The highest BCUT2D eigenvalue weighted by molar-refractivity contribution is 6.15. The van der Waals surface area contributed by atoms with Gasteiger partial charge in [-0.3, -0.25) is 0 Å². The van der Waals surface area contributed by atoms with Crippen LogP contribution in [0.2, 0.25) is 0 Å². The summed E-state index contributed by atoms with van der Waals surface area (Å²) in [4.78, 5) is 10.4. The maximum Gasteiger partial charge on any atom is 0.160 e. The fraction of sp³-hybridized carbons (Fsp3) is 0.0492. The maximum atomic E-state index is 5.31. The van der Waals surface area contributed by atoms with E-state index in [0.29, 0.717) is 5.82 Å². The van der Waals surface area contributed by atoms with Gasteiger partial charge in [0.15, 0.2) is 5.82 Å². The molecule has 0 saturated heterocycles. The number of hydrogen-bond acceptors (Lipinski definition) is 2. The first kappa shape index (κ1) is 37.2. The van der Waals surface area contributed by atoms with Crippen LogP contribution in [-0.4, -0.2) is 19.1 Å². The van der Waals surface area contributed by atoms with Crippen LogP contribution in [0, 0.1) is 0 Å². The van der Waals surface area contributed by atoms with E-state index < -0.39 is 0 Å². The van der Waals surface area contributed by atoms with E-state index in [1.165, 1.54) is 65.9 Å². The van der Waals surface area contributed by atoms with Gasteiger partial charge in [-0.05, 0) is 82.4 Å². The molecule has 1 aliphatic rings. The molecule has 4 heteroatoms. The lowest BCUT2D eigenvalue weighted by molar-refractivity contribution is 0.666. The molecule has 0 bridgehead atoms. The Balaban J connectivity index is 1.09. The summed E-state index contributed by atoms with van der Waals surface area (Å²) >= 11 is 0. The smallest absolute Gasteiger partial charge is 0.160 e. The predicted octanol–water partition coefficient (Wildman–Crippen LogP) is 15.6. The highest BCUT2D eigenvalue weighted by Crippen LogP contribution is 2.53. The zero-order valence-electron chi connectivity index (χ0n) is 36.1. The molecular formula is C61H42N4. The van der Waals surface area contributed by atoms with E-state index in [9.17, 15) is 0 Å². The Morgan fingerprint density at radius 1 is 0.369 bits per heavy atom. The molecule has 3 heterocycles. The molecule has 0 N–H and O–H groups in total. The van der Waals surface area contributed by atoms with Crippen LogP contribution in [0.1, 0.15) is 25.0 Å². The Kier molecular flexibility index (Phi) is 8.22. The van der Waals surface area contributed by atoms with Crippen LogP contribution in [0.3, 0.4) is 0 Å². The number of para-hydroxylation sites is 3. The molecule has 9 aromatic carbocycles. The van der Waals surface area contributed by atoms with Crippen LogP contribution >= 0.6 is 0 Å². The molecule has 306 valence electrons. The second-order valence-electron chi connectivity index (χ2n) is 17.8. The Labute approximate surface area is 377 Å². The Morgan fingerprint density at radius 2 is 0.954 bits per heavy atom. The molecule has 4 nitrogen and oxygen atoms in total. The maximum absolute atomic E-state index is 5.31. The normalized spacial score (nSPS) is 12.9. The van der Waals surface area contributed by atoms with Gasteiger partial charge in [-0.15, -0.1) is 0 Å². The van der Waals surface area contributed by atoms with Gasteiger partial charge in [0.05, 0.1) is 39.1 Å². The lowest BCUT2D eigenvalue weighted by Crippen LogP contribution is -2.15. The van der Waals surface area contributed by atoms with Gasteiger partial charge in [0, 0.05) is 54.9 Å². The standard InChI is InChI=1S/C61H42N4/c1-61(2)50-28-13-9-24-44(50)47-33-35-57-58(59(47)61)48-27-12-16-31-55(48)65(57)56-34-32-42(52-38-51(39-18-5-3-6-19-39)62-60(63-52)40-20-7-4-8-21-40)37-49(56)41-22-17-23-43(36-41)64-53-29-14-10-25-45(53)46-26-11-15-30-54(46)64/h3-38H,1-2H3. The Hall–Kier alpha value is -8.34. The van der Waals surface area contributed by atoms with Crippen LogP contribution in [0.4, 0.5) is 0 Å². The first-order valence-corrected chi connectivity index (χ1v) is 22.4. The van der Waals surface area contributed by atoms with Crippen molar-refractivity contribution in [3.63, 3.8) is 0 Å². The van der Waals surface area contributed by atoms with E-state index in [0.717, 1.165) is 50.6 Å². The zero-order valence-corrected chi connectivity index (χ0v) is 36.1. The van der Waals surface area contributed by atoms with Crippen LogP contribution in [-0.2, 0) is 5.41 Å². The van der Waals surface area contributed by atoms with E-state index in [2.05, 4.69) is 217 Å². The largest absolute Gasteiger partial charge is 0.309 e. The third-order valence-corrected chi connectivity index (χ3v) is 13.7. The number of rotatable bonds is 6. The third-order valence-electron chi connectivity index (χ3n) is 13.7. The number of benzene rings is 9. The summed E-state index contributed by atoms with van der Waals surface area (Å²) in [5, 5.41) is 5.05. The van der Waals surface area contributed by atoms with Crippen LogP contribution in [0.5, 0.6) is 0 Å². The van der Waals surface area contributed by atoms with Gasteiger partial charge in [0.25, 0.3) is 0 Å². The van der Waals surface area contributed by atoms with Crippen molar-refractivity contribution in [1.82, 2.24) is 19.1 Å². The average molecular weight is 831 g/mol. The van der Waals surface area contributed by atoms with E-state index in [4.69, 9.17) is 9.97 Å². The van der Waals surface area contributed by atoms with Crippen LogP contribution in [0.15, 0.2) is 218 Å². The first-order valence-electron chi connectivity index (χ1n) is 22.4. The Bertz CT molecular complexity index is 3740. The molecule has 0 radical (unpaired) electrons. The number of aromatic nitrogens is 4. The summed E-state index contributed by atoms with van der Waals surface area (Å²) in [6.45, 7) is 4.78. The van der Waals surface area contributed by atoms with Gasteiger partial charge in [-0.25, -0.2) is 9.97 Å². The molecule has 13 rings (SSSR count). The van der Waals surface area contributed by atoms with Crippen molar-refractivity contribution < 1.29 is 0 Å². The summed E-state index contributed by atoms with van der Waals surface area (Å²) in [6, 6.07) is 78.9. The topological polar surface area (TPSA) is 35.6 Å². The lowest BCUT2D eigenvalue weighted by Gasteiger charge is -2.23. The second kappa shape index (κ2) is 14.3. The van der Waals surface area contributed by atoms with Crippen molar-refractivity contribution in [2.45, 2.75) is 19.3 Å². The summed E-state index contributed by atoms with van der Waals surface area (Å²) in [5.74, 6) is 0.695. The number of hydrogen-bond donors (Lipinski definition) is 0. The minimum Gasteiger partial charge on any atom is -0.309 e. The van der Waals surface area contributed by atoms with Crippen LogP contribution in [0.25, 0.3) is 111 Å². The van der Waals surface area contributed by atoms with Gasteiger partial charge < -0.3 is 9.13 Å². The van der Waals surface area contributed by atoms with E-state index in [1.54, 1.807) is 0 Å². The molecule has 3 aromatic heterocycles. The molecule has 0 saturated carbocycles. The summed E-state index contributed by atoms with van der Waals surface area (Å²) in [6.07, 6.45) is 0. The SMILES string of the molecule is CC1(C)c2ccccc2-c2ccc3c(c21)c1ccccc1n3-c1ccc(-c2cc(-c3ccccc3)nc(-c3ccccc3)n2)cc1-c1cccc(-n2c3ccccc3c3ccccc32)c1. The van der Waals surface area contributed by atoms with Crippen molar-refractivity contribution >= 4 is 43.6 Å². The predicted molar refractivity (Wildman–Crippen MR) is 270 cm³/mol. The number of fused-ring (bicyclic) bond motifs is 10. The quantitative estimate of drug-likeness (QED) is 0.167. The molecule has 1 aliphatic carbocycles. The monoisotopic (exact) mass is 830 g/mol. The van der Waals surface area contributed by atoms with Gasteiger partial charge in [-0.1, -0.05) is 178 Å². The minimum absolute atomic E-state index is 0.177. The molecule has 65 heavy (non-hydrogen) atoms.